The number of aromatic amines is 1. The molecule has 0 radical (unpaired) electrons. The first-order valence-electron chi connectivity index (χ1n) is 11.5. The maximum atomic E-state index is 16.0. The zero-order chi connectivity index (χ0) is 26.2. The van der Waals surface area contributed by atoms with E-state index in [0.29, 0.717) is 27.7 Å². The molecule has 0 atom stereocenters. The third kappa shape index (κ3) is 4.39. The second-order valence-corrected chi connectivity index (χ2v) is 9.47. The number of esters is 1. The number of halogens is 1. The number of anilines is 2. The molecular formula is C27H28FN5O3. The molecule has 0 saturated heterocycles. The third-order valence-electron chi connectivity index (χ3n) is 5.84. The molecule has 0 aliphatic rings. The number of pyridine rings is 1. The Hall–Kier alpha value is -4.27. The van der Waals surface area contributed by atoms with E-state index < -0.39 is 22.8 Å². The molecule has 0 saturated carbocycles. The van der Waals surface area contributed by atoms with Crippen molar-refractivity contribution in [3.8, 4) is 22.5 Å². The van der Waals surface area contributed by atoms with Gasteiger partial charge in [0.25, 0.3) is 0 Å². The fraction of sp³-hybridized carbons (Fsp3) is 0.259. The number of aryl methyl sites for hydroxylation is 1. The van der Waals surface area contributed by atoms with Gasteiger partial charge in [-0.2, -0.15) is 5.10 Å². The molecule has 0 fully saturated rings. The molecule has 2 aromatic heterocycles. The van der Waals surface area contributed by atoms with Crippen molar-refractivity contribution in [1.29, 1.82) is 0 Å². The molecule has 4 rings (SSSR count). The van der Waals surface area contributed by atoms with Gasteiger partial charge < -0.3 is 15.8 Å². The number of para-hydroxylation sites is 1. The van der Waals surface area contributed by atoms with Crippen LogP contribution in [0.3, 0.4) is 0 Å². The van der Waals surface area contributed by atoms with Gasteiger partial charge in [-0.05, 0) is 31.5 Å². The molecule has 1 amide bonds. The molecule has 36 heavy (non-hydrogen) atoms. The molecule has 2 aromatic carbocycles. The van der Waals surface area contributed by atoms with Gasteiger partial charge >= 0.3 is 5.97 Å². The SMILES string of the molecule is CCOC(=O)c1c(N)c(-c2ccccc2NC(=O)C(C)(C)C)nc(-c2c(C)ccc3[nH]ncc23)c1F. The van der Waals surface area contributed by atoms with E-state index >= 15 is 4.39 Å². The van der Waals surface area contributed by atoms with Gasteiger partial charge in [0.05, 0.1) is 35.4 Å². The Morgan fingerprint density at radius 2 is 1.86 bits per heavy atom. The highest BCUT2D eigenvalue weighted by atomic mass is 19.1. The van der Waals surface area contributed by atoms with Crippen LogP contribution in [0, 0.1) is 18.2 Å². The van der Waals surface area contributed by atoms with Gasteiger partial charge in [-0.3, -0.25) is 9.89 Å². The molecule has 0 aliphatic carbocycles. The summed E-state index contributed by atoms with van der Waals surface area (Å²) in [7, 11) is 0. The van der Waals surface area contributed by atoms with Crippen molar-refractivity contribution in [2.45, 2.75) is 34.6 Å². The van der Waals surface area contributed by atoms with Crippen molar-refractivity contribution in [2.75, 3.05) is 17.7 Å². The summed E-state index contributed by atoms with van der Waals surface area (Å²) in [5.41, 5.74) is 7.98. The molecule has 0 unspecified atom stereocenters. The molecule has 0 spiro atoms. The number of nitrogens with one attached hydrogen (secondary N) is 2. The van der Waals surface area contributed by atoms with Crippen molar-refractivity contribution >= 4 is 34.2 Å². The number of nitrogens with two attached hydrogens (primary N) is 1. The van der Waals surface area contributed by atoms with E-state index in [9.17, 15) is 9.59 Å². The second kappa shape index (κ2) is 9.41. The fourth-order valence-corrected chi connectivity index (χ4v) is 3.90. The summed E-state index contributed by atoms with van der Waals surface area (Å²) < 4.78 is 21.2. The quantitative estimate of drug-likeness (QED) is 0.319. The summed E-state index contributed by atoms with van der Waals surface area (Å²) >= 11 is 0. The topological polar surface area (TPSA) is 123 Å². The van der Waals surface area contributed by atoms with Gasteiger partial charge in [-0.1, -0.05) is 45.0 Å². The molecule has 4 N–H and O–H groups in total. The Morgan fingerprint density at radius 1 is 1.14 bits per heavy atom. The molecular weight excluding hydrogens is 461 g/mol. The average molecular weight is 490 g/mol. The Balaban J connectivity index is 2.04. The van der Waals surface area contributed by atoms with Crippen LogP contribution in [-0.4, -0.2) is 33.7 Å². The summed E-state index contributed by atoms with van der Waals surface area (Å²) in [5, 5.41) is 10.5. The number of H-pyrrole nitrogens is 1. The highest BCUT2D eigenvalue weighted by Crippen LogP contribution is 2.40. The number of amides is 1. The number of carbonyl (C=O) groups excluding carboxylic acids is 2. The second-order valence-electron chi connectivity index (χ2n) is 9.47. The van der Waals surface area contributed by atoms with Gasteiger partial charge in [0.2, 0.25) is 5.91 Å². The molecule has 0 aliphatic heterocycles. The van der Waals surface area contributed by atoms with Gasteiger partial charge in [0.15, 0.2) is 5.82 Å². The predicted molar refractivity (Wildman–Crippen MR) is 138 cm³/mol. The summed E-state index contributed by atoms with van der Waals surface area (Å²) in [6.07, 6.45) is 1.58. The fourth-order valence-electron chi connectivity index (χ4n) is 3.90. The lowest BCUT2D eigenvalue weighted by Crippen LogP contribution is -2.27. The van der Waals surface area contributed by atoms with Gasteiger partial charge in [-0.25, -0.2) is 14.2 Å². The number of benzene rings is 2. The number of carbonyl (C=O) groups is 2. The summed E-state index contributed by atoms with van der Waals surface area (Å²) in [6.45, 7) is 8.87. The van der Waals surface area contributed by atoms with E-state index in [1.54, 1.807) is 58.2 Å². The lowest BCUT2D eigenvalue weighted by atomic mass is 9.94. The highest BCUT2D eigenvalue weighted by Gasteiger charge is 2.29. The maximum absolute atomic E-state index is 16.0. The molecule has 0 bridgehead atoms. The Labute approximate surface area is 208 Å². The summed E-state index contributed by atoms with van der Waals surface area (Å²) in [4.78, 5) is 30.3. The first-order chi connectivity index (χ1) is 17.0. The van der Waals surface area contributed by atoms with Crippen molar-refractivity contribution in [1.82, 2.24) is 15.2 Å². The zero-order valence-corrected chi connectivity index (χ0v) is 20.8. The van der Waals surface area contributed by atoms with Crippen molar-refractivity contribution in [3.05, 3.63) is 59.5 Å². The minimum Gasteiger partial charge on any atom is -0.462 e. The first-order valence-corrected chi connectivity index (χ1v) is 11.5. The van der Waals surface area contributed by atoms with Crippen LogP contribution in [0.25, 0.3) is 33.4 Å². The molecule has 9 heteroatoms. The number of aromatic nitrogens is 3. The van der Waals surface area contributed by atoms with E-state index in [4.69, 9.17) is 10.5 Å². The van der Waals surface area contributed by atoms with Crippen LogP contribution in [0.5, 0.6) is 0 Å². The van der Waals surface area contributed by atoms with Gasteiger partial charge in [-0.15, -0.1) is 0 Å². The molecule has 2 heterocycles. The lowest BCUT2D eigenvalue weighted by molar-refractivity contribution is -0.123. The third-order valence-corrected chi connectivity index (χ3v) is 5.84. The average Bonchev–Trinajstić information content (AvgIpc) is 3.29. The smallest absolute Gasteiger partial charge is 0.343 e. The van der Waals surface area contributed by atoms with E-state index in [1.165, 1.54) is 0 Å². The number of ether oxygens (including phenoxy) is 1. The summed E-state index contributed by atoms with van der Waals surface area (Å²) in [5.74, 6) is -2.01. The number of nitrogens with zero attached hydrogens (tertiary/aromatic N) is 2. The molecule has 4 aromatic rings. The van der Waals surface area contributed by atoms with E-state index in [1.807, 2.05) is 19.1 Å². The Bertz CT molecular complexity index is 1490. The van der Waals surface area contributed by atoms with E-state index in [2.05, 4.69) is 20.5 Å². The van der Waals surface area contributed by atoms with Crippen LogP contribution in [0.4, 0.5) is 15.8 Å². The van der Waals surface area contributed by atoms with E-state index in [0.717, 1.165) is 5.56 Å². The number of hydrogen-bond donors (Lipinski definition) is 3. The van der Waals surface area contributed by atoms with Gasteiger partial charge in [0.1, 0.15) is 11.3 Å². The van der Waals surface area contributed by atoms with Crippen molar-refractivity contribution in [2.24, 2.45) is 5.41 Å². The lowest BCUT2D eigenvalue weighted by Gasteiger charge is -2.21. The van der Waals surface area contributed by atoms with Crippen LogP contribution < -0.4 is 11.1 Å². The summed E-state index contributed by atoms with van der Waals surface area (Å²) in [6, 6.07) is 10.6. The minimum atomic E-state index is -0.898. The monoisotopic (exact) mass is 489 g/mol. The standard InChI is InChI=1S/C27H28FN5O3/c1-6-36-25(34)20-21(28)24(19-14(2)11-12-18-16(19)13-30-33-18)32-23(22(20)29)15-9-7-8-10-17(15)31-26(35)27(3,4)5/h7-13H,6,29H2,1-5H3,(H,30,33)(H,31,35). The normalized spacial score (nSPS) is 11.5. The number of rotatable bonds is 5. The van der Waals surface area contributed by atoms with Gasteiger partial charge in [0, 0.05) is 21.9 Å². The predicted octanol–water partition coefficient (Wildman–Crippen LogP) is 5.48. The molecule has 186 valence electrons. The maximum Gasteiger partial charge on any atom is 0.343 e. The van der Waals surface area contributed by atoms with E-state index in [-0.39, 0.29) is 29.6 Å². The zero-order valence-electron chi connectivity index (χ0n) is 20.8. The van der Waals surface area contributed by atoms with Crippen molar-refractivity contribution < 1.29 is 18.7 Å². The first kappa shape index (κ1) is 24.8. The van der Waals surface area contributed by atoms with Crippen LogP contribution in [-0.2, 0) is 9.53 Å². The number of hydrogen-bond acceptors (Lipinski definition) is 6. The Morgan fingerprint density at radius 3 is 2.56 bits per heavy atom. The van der Waals surface area contributed by atoms with Crippen molar-refractivity contribution in [3.63, 3.8) is 0 Å². The van der Waals surface area contributed by atoms with Crippen LogP contribution in [0.1, 0.15) is 43.6 Å². The molecule has 8 nitrogen and oxygen atoms in total. The number of nitrogen functional groups attached to an aromatic ring is 1. The van der Waals surface area contributed by atoms with Crippen LogP contribution in [0.15, 0.2) is 42.6 Å². The minimum absolute atomic E-state index is 0.0409. The van der Waals surface area contributed by atoms with Crippen LogP contribution in [0.2, 0.25) is 0 Å². The highest BCUT2D eigenvalue weighted by molar-refractivity contribution is 6.05. The number of fused-ring (bicyclic) bond motifs is 1. The largest absolute Gasteiger partial charge is 0.462 e. The van der Waals surface area contributed by atoms with Crippen LogP contribution >= 0.6 is 0 Å². The Kier molecular flexibility index (Phi) is 6.49.